The minimum atomic E-state index is -0.0474. The molecule has 0 radical (unpaired) electrons. The zero-order chi connectivity index (χ0) is 19.7. The van der Waals surface area contributed by atoms with Gasteiger partial charge in [-0.15, -0.1) is 0 Å². The number of rotatable bonds is 8. The quantitative estimate of drug-likeness (QED) is 0.650. The summed E-state index contributed by atoms with van der Waals surface area (Å²) in [5.74, 6) is 0.725. The molecular weight excluding hydrogens is 352 g/mol. The Bertz CT molecular complexity index is 984. The average Bonchev–Trinajstić information content (AvgIpc) is 3.34. The van der Waals surface area contributed by atoms with Gasteiger partial charge in [-0.1, -0.05) is 13.8 Å². The van der Waals surface area contributed by atoms with Crippen LogP contribution in [-0.2, 0) is 13.1 Å². The van der Waals surface area contributed by atoms with Crippen LogP contribution in [0.2, 0.25) is 0 Å². The van der Waals surface area contributed by atoms with Crippen LogP contribution >= 0.6 is 0 Å². The van der Waals surface area contributed by atoms with Crippen LogP contribution < -0.4 is 5.32 Å². The maximum absolute atomic E-state index is 13.0. The number of hydrogen-bond donors (Lipinski definition) is 1. The Morgan fingerprint density at radius 1 is 1.39 bits per heavy atom. The fourth-order valence-electron chi connectivity index (χ4n) is 3.53. The molecule has 1 fully saturated rings. The summed E-state index contributed by atoms with van der Waals surface area (Å²) in [6.45, 7) is 8.41. The van der Waals surface area contributed by atoms with Crippen molar-refractivity contribution in [1.82, 2.24) is 29.9 Å². The van der Waals surface area contributed by atoms with Gasteiger partial charge < -0.3 is 5.32 Å². The van der Waals surface area contributed by atoms with E-state index in [2.05, 4.69) is 29.4 Å². The van der Waals surface area contributed by atoms with Crippen LogP contribution in [0.3, 0.4) is 0 Å². The van der Waals surface area contributed by atoms with Crippen LogP contribution in [0, 0.1) is 12.8 Å². The molecule has 4 rings (SSSR count). The molecule has 28 heavy (non-hydrogen) atoms. The third-order valence-electron chi connectivity index (χ3n) is 5.19. The predicted octanol–water partition coefficient (Wildman–Crippen LogP) is 3.29. The molecule has 1 aliphatic rings. The van der Waals surface area contributed by atoms with Crippen molar-refractivity contribution in [2.24, 2.45) is 5.92 Å². The second kappa shape index (κ2) is 7.73. The van der Waals surface area contributed by atoms with Crippen molar-refractivity contribution >= 4 is 16.9 Å². The van der Waals surface area contributed by atoms with Crippen molar-refractivity contribution in [2.75, 3.05) is 6.54 Å². The highest BCUT2D eigenvalue weighted by Gasteiger charge is 2.28. The van der Waals surface area contributed by atoms with Crippen molar-refractivity contribution in [3.63, 3.8) is 0 Å². The van der Waals surface area contributed by atoms with Crippen molar-refractivity contribution in [1.29, 1.82) is 0 Å². The smallest absolute Gasteiger partial charge is 0.252 e. The molecule has 1 N–H and O–H groups in total. The van der Waals surface area contributed by atoms with Gasteiger partial charge in [-0.3, -0.25) is 9.48 Å². The molecule has 7 heteroatoms. The van der Waals surface area contributed by atoms with E-state index in [-0.39, 0.29) is 11.8 Å². The number of aromatic nitrogens is 5. The minimum absolute atomic E-state index is 0.0474. The third-order valence-corrected chi connectivity index (χ3v) is 5.19. The lowest BCUT2D eigenvalue weighted by atomic mass is 10.1. The van der Waals surface area contributed by atoms with E-state index >= 15 is 0 Å². The van der Waals surface area contributed by atoms with Crippen LogP contribution in [0.4, 0.5) is 0 Å². The number of pyridine rings is 1. The molecule has 3 aromatic heterocycles. The summed E-state index contributed by atoms with van der Waals surface area (Å²) < 4.78 is 3.84. The van der Waals surface area contributed by atoms with Gasteiger partial charge in [0.15, 0.2) is 5.65 Å². The first-order chi connectivity index (χ1) is 13.5. The van der Waals surface area contributed by atoms with Crippen LogP contribution in [0.25, 0.3) is 11.0 Å². The van der Waals surface area contributed by atoms with Crippen LogP contribution in [0.1, 0.15) is 60.8 Å². The lowest BCUT2D eigenvalue weighted by Gasteiger charge is -2.14. The van der Waals surface area contributed by atoms with Gasteiger partial charge in [-0.2, -0.15) is 10.2 Å². The summed E-state index contributed by atoms with van der Waals surface area (Å²) in [4.78, 5) is 17.8. The molecule has 3 aromatic rings. The SMILES string of the molecule is CCCn1ncc2c(C(=O)NC[C@H](C)Cn3ccc(C)n3)cc(C3CC3)nc21. The van der Waals surface area contributed by atoms with Crippen molar-refractivity contribution < 1.29 is 4.79 Å². The Balaban J connectivity index is 1.51. The second-order valence-electron chi connectivity index (χ2n) is 7.97. The number of carbonyl (C=O) groups is 1. The molecule has 1 amide bonds. The molecule has 0 aliphatic heterocycles. The van der Waals surface area contributed by atoms with E-state index in [0.717, 1.165) is 54.8 Å². The number of nitrogens with zero attached hydrogens (tertiary/aromatic N) is 5. The topological polar surface area (TPSA) is 77.6 Å². The van der Waals surface area contributed by atoms with Crippen molar-refractivity contribution in [3.8, 4) is 0 Å². The summed E-state index contributed by atoms with van der Waals surface area (Å²) >= 11 is 0. The van der Waals surface area contributed by atoms with E-state index in [1.54, 1.807) is 6.20 Å². The van der Waals surface area contributed by atoms with E-state index in [1.165, 1.54) is 0 Å². The first-order valence-electron chi connectivity index (χ1n) is 10.2. The fraction of sp³-hybridized carbons (Fsp3) is 0.524. The van der Waals surface area contributed by atoms with Gasteiger partial charge in [0.25, 0.3) is 5.91 Å². The predicted molar refractivity (Wildman–Crippen MR) is 108 cm³/mol. The van der Waals surface area contributed by atoms with E-state index in [4.69, 9.17) is 4.98 Å². The van der Waals surface area contributed by atoms with Gasteiger partial charge in [0.05, 0.1) is 22.8 Å². The molecule has 0 spiro atoms. The van der Waals surface area contributed by atoms with Gasteiger partial charge >= 0.3 is 0 Å². The summed E-state index contributed by atoms with van der Waals surface area (Å²) in [6.07, 6.45) is 7.05. The molecular formula is C21H28N6O. The summed E-state index contributed by atoms with van der Waals surface area (Å²) in [6, 6.07) is 3.96. The lowest BCUT2D eigenvalue weighted by molar-refractivity contribution is 0.0948. The fourth-order valence-corrected chi connectivity index (χ4v) is 3.53. The monoisotopic (exact) mass is 380 g/mol. The second-order valence-corrected chi connectivity index (χ2v) is 7.97. The van der Waals surface area contributed by atoms with E-state index in [0.29, 0.717) is 18.0 Å². The van der Waals surface area contributed by atoms with Gasteiger partial charge in [0.2, 0.25) is 0 Å². The van der Waals surface area contributed by atoms with Crippen LogP contribution in [0.15, 0.2) is 24.5 Å². The van der Waals surface area contributed by atoms with Crippen molar-refractivity contribution in [3.05, 3.63) is 41.5 Å². The molecule has 7 nitrogen and oxygen atoms in total. The number of amides is 1. The standard InChI is InChI=1S/C21H28N6O/c1-4-8-27-20-18(12-23-27)17(10-19(24-20)16-5-6-16)21(28)22-11-14(2)13-26-9-7-15(3)25-26/h7,9-10,12,14,16H,4-6,8,11,13H2,1-3H3,(H,22,28)/t14-/m0/s1. The molecule has 0 aromatic carbocycles. The first-order valence-corrected chi connectivity index (χ1v) is 10.2. The molecule has 148 valence electrons. The Kier molecular flexibility index (Phi) is 5.15. The molecule has 3 heterocycles. The summed E-state index contributed by atoms with van der Waals surface area (Å²) in [5, 5.41) is 12.8. The summed E-state index contributed by atoms with van der Waals surface area (Å²) in [7, 11) is 0. The maximum Gasteiger partial charge on any atom is 0.252 e. The van der Waals surface area contributed by atoms with Crippen molar-refractivity contribution in [2.45, 2.75) is 59.0 Å². The van der Waals surface area contributed by atoms with Gasteiger partial charge in [-0.05, 0) is 44.2 Å². The highest BCUT2D eigenvalue weighted by molar-refractivity contribution is 6.05. The van der Waals surface area contributed by atoms with Crippen LogP contribution in [0.5, 0.6) is 0 Å². The normalized spacial score (nSPS) is 15.1. The molecule has 0 saturated heterocycles. The highest BCUT2D eigenvalue weighted by atomic mass is 16.1. The maximum atomic E-state index is 13.0. The molecule has 1 atom stereocenters. The largest absolute Gasteiger partial charge is 0.352 e. The Morgan fingerprint density at radius 3 is 2.89 bits per heavy atom. The molecule has 0 bridgehead atoms. The Morgan fingerprint density at radius 2 is 2.21 bits per heavy atom. The molecule has 1 aliphatic carbocycles. The Labute approximate surface area is 165 Å². The van der Waals surface area contributed by atoms with Gasteiger partial charge in [0, 0.05) is 37.4 Å². The number of nitrogens with one attached hydrogen (secondary N) is 1. The first kappa shape index (κ1) is 18.7. The minimum Gasteiger partial charge on any atom is -0.352 e. The van der Waals surface area contributed by atoms with E-state index < -0.39 is 0 Å². The zero-order valence-electron chi connectivity index (χ0n) is 16.9. The van der Waals surface area contributed by atoms with Gasteiger partial charge in [0.1, 0.15) is 0 Å². The van der Waals surface area contributed by atoms with Crippen LogP contribution in [-0.4, -0.2) is 37.0 Å². The lowest BCUT2D eigenvalue weighted by Crippen LogP contribution is -2.30. The zero-order valence-corrected chi connectivity index (χ0v) is 16.9. The summed E-state index contributed by atoms with van der Waals surface area (Å²) in [5.41, 5.74) is 3.55. The average molecular weight is 380 g/mol. The number of hydrogen-bond acceptors (Lipinski definition) is 4. The highest BCUT2D eigenvalue weighted by Crippen LogP contribution is 2.40. The van der Waals surface area contributed by atoms with E-state index in [9.17, 15) is 4.79 Å². The molecule has 1 saturated carbocycles. The molecule has 0 unspecified atom stereocenters. The number of aryl methyl sites for hydroxylation is 2. The third kappa shape index (κ3) is 3.93. The number of carbonyl (C=O) groups excluding carboxylic acids is 1. The van der Waals surface area contributed by atoms with Gasteiger partial charge in [-0.25, -0.2) is 9.67 Å². The Hall–Kier alpha value is -2.70. The van der Waals surface area contributed by atoms with E-state index in [1.807, 2.05) is 34.6 Å². The number of fused-ring (bicyclic) bond motifs is 1.